The average molecular weight is 347 g/mol. The number of hydrogen-bond acceptors (Lipinski definition) is 2. The first-order valence-corrected chi connectivity index (χ1v) is 7.96. The Hall–Kier alpha value is -1.93. The molecule has 0 bridgehead atoms. The molecular weight excluding hydrogens is 334 g/mol. The van der Waals surface area contributed by atoms with Crippen molar-refractivity contribution >= 4 is 10.0 Å². The van der Waals surface area contributed by atoms with Crippen molar-refractivity contribution in [2.45, 2.75) is 23.5 Å². The summed E-state index contributed by atoms with van der Waals surface area (Å²) in [5.74, 6) is -0.860. The summed E-state index contributed by atoms with van der Waals surface area (Å²) in [7, 11) is -4.58. The Bertz CT molecular complexity index is 791. The van der Waals surface area contributed by atoms with E-state index in [0.29, 0.717) is 6.07 Å². The summed E-state index contributed by atoms with van der Waals surface area (Å²) >= 11 is 0. The Labute approximate surface area is 131 Å². The molecular formula is C15H13F4NO2S. The van der Waals surface area contributed by atoms with Crippen molar-refractivity contribution in [1.82, 2.24) is 4.72 Å². The molecule has 0 radical (unpaired) electrons. The van der Waals surface area contributed by atoms with Gasteiger partial charge in [0.2, 0.25) is 10.0 Å². The molecule has 0 unspecified atom stereocenters. The van der Waals surface area contributed by atoms with E-state index in [1.54, 1.807) is 4.72 Å². The van der Waals surface area contributed by atoms with Gasteiger partial charge in [-0.15, -0.1) is 0 Å². The van der Waals surface area contributed by atoms with Gasteiger partial charge in [0.15, 0.2) is 5.54 Å². The van der Waals surface area contributed by atoms with Crippen LogP contribution < -0.4 is 4.72 Å². The van der Waals surface area contributed by atoms with E-state index >= 15 is 0 Å². The first-order chi connectivity index (χ1) is 10.6. The first kappa shape index (κ1) is 17.4. The molecule has 0 saturated heterocycles. The van der Waals surface area contributed by atoms with Gasteiger partial charge in [0.25, 0.3) is 0 Å². The van der Waals surface area contributed by atoms with Gasteiger partial charge in [-0.1, -0.05) is 36.4 Å². The topological polar surface area (TPSA) is 46.2 Å². The highest BCUT2D eigenvalue weighted by molar-refractivity contribution is 7.89. The standard InChI is InChI=1S/C15H13F4NO2S/c1-14(15(17,18)19,11-6-3-2-4-7-11)20-23(21,22)13-9-5-8-12(16)10-13/h2-10,20H,1H3/t14-/m0/s1. The summed E-state index contributed by atoms with van der Waals surface area (Å²) in [5.41, 5.74) is -3.12. The summed E-state index contributed by atoms with van der Waals surface area (Å²) in [6.07, 6.45) is -4.89. The van der Waals surface area contributed by atoms with E-state index < -0.39 is 32.5 Å². The van der Waals surface area contributed by atoms with Gasteiger partial charge in [-0.2, -0.15) is 17.9 Å². The molecule has 0 aliphatic carbocycles. The fourth-order valence-electron chi connectivity index (χ4n) is 2.01. The van der Waals surface area contributed by atoms with Crippen LogP contribution >= 0.6 is 0 Å². The van der Waals surface area contributed by atoms with Crippen molar-refractivity contribution in [3.63, 3.8) is 0 Å². The molecule has 2 aromatic carbocycles. The van der Waals surface area contributed by atoms with Gasteiger partial charge in [-0.3, -0.25) is 0 Å². The van der Waals surface area contributed by atoms with Crippen molar-refractivity contribution in [2.24, 2.45) is 0 Å². The third-order valence-electron chi connectivity index (χ3n) is 3.36. The maximum absolute atomic E-state index is 13.5. The molecule has 0 aromatic heterocycles. The zero-order valence-corrected chi connectivity index (χ0v) is 12.7. The van der Waals surface area contributed by atoms with Crippen LogP contribution in [0.25, 0.3) is 0 Å². The molecule has 1 N–H and O–H groups in total. The molecule has 0 amide bonds. The molecule has 2 aromatic rings. The molecule has 0 aliphatic rings. The van der Waals surface area contributed by atoms with Crippen molar-refractivity contribution in [3.05, 3.63) is 66.0 Å². The number of alkyl halides is 3. The van der Waals surface area contributed by atoms with E-state index in [-0.39, 0.29) is 5.56 Å². The predicted molar refractivity (Wildman–Crippen MR) is 76.6 cm³/mol. The molecule has 0 aliphatic heterocycles. The average Bonchev–Trinajstić information content (AvgIpc) is 2.46. The lowest BCUT2D eigenvalue weighted by Crippen LogP contribution is -2.53. The second kappa shape index (κ2) is 5.93. The van der Waals surface area contributed by atoms with E-state index in [4.69, 9.17) is 0 Å². The van der Waals surface area contributed by atoms with Crippen molar-refractivity contribution in [1.29, 1.82) is 0 Å². The highest BCUT2D eigenvalue weighted by Crippen LogP contribution is 2.39. The van der Waals surface area contributed by atoms with E-state index in [1.807, 2.05) is 0 Å². The molecule has 0 fully saturated rings. The zero-order valence-electron chi connectivity index (χ0n) is 11.9. The van der Waals surface area contributed by atoms with Crippen LogP contribution in [0.3, 0.4) is 0 Å². The van der Waals surface area contributed by atoms with E-state index in [2.05, 4.69) is 0 Å². The van der Waals surface area contributed by atoms with Crippen LogP contribution in [-0.4, -0.2) is 14.6 Å². The quantitative estimate of drug-likeness (QED) is 0.860. The van der Waals surface area contributed by atoms with E-state index in [9.17, 15) is 26.0 Å². The van der Waals surface area contributed by atoms with Gasteiger partial charge in [-0.05, 0) is 30.7 Å². The number of hydrogen-bond donors (Lipinski definition) is 1. The van der Waals surface area contributed by atoms with Gasteiger partial charge in [0.05, 0.1) is 4.90 Å². The lowest BCUT2D eigenvalue weighted by Gasteiger charge is -2.33. The number of sulfonamides is 1. The van der Waals surface area contributed by atoms with Crippen LogP contribution in [0, 0.1) is 5.82 Å². The Morgan fingerprint density at radius 2 is 1.57 bits per heavy atom. The Morgan fingerprint density at radius 3 is 2.09 bits per heavy atom. The zero-order chi connectivity index (χ0) is 17.3. The number of nitrogens with one attached hydrogen (secondary N) is 1. The summed E-state index contributed by atoms with van der Waals surface area (Å²) in [6.45, 7) is 0.721. The van der Waals surface area contributed by atoms with Crippen LogP contribution in [-0.2, 0) is 15.6 Å². The van der Waals surface area contributed by atoms with E-state index in [0.717, 1.165) is 25.1 Å². The second-order valence-electron chi connectivity index (χ2n) is 5.05. The van der Waals surface area contributed by atoms with Crippen molar-refractivity contribution < 1.29 is 26.0 Å². The third-order valence-corrected chi connectivity index (χ3v) is 4.91. The minimum atomic E-state index is -4.89. The lowest BCUT2D eigenvalue weighted by molar-refractivity contribution is -0.189. The van der Waals surface area contributed by atoms with Crippen LogP contribution in [0.15, 0.2) is 59.5 Å². The molecule has 0 heterocycles. The van der Waals surface area contributed by atoms with Gasteiger partial charge < -0.3 is 0 Å². The maximum Gasteiger partial charge on any atom is 0.411 e. The summed E-state index contributed by atoms with van der Waals surface area (Å²) in [4.78, 5) is -0.580. The molecule has 23 heavy (non-hydrogen) atoms. The number of benzene rings is 2. The summed E-state index contributed by atoms with van der Waals surface area (Å²) in [6, 6.07) is 10.4. The Morgan fingerprint density at radius 1 is 0.957 bits per heavy atom. The molecule has 1 atom stereocenters. The smallest absolute Gasteiger partial charge is 0.207 e. The molecule has 2 rings (SSSR count). The van der Waals surface area contributed by atoms with Gasteiger partial charge in [0.1, 0.15) is 5.82 Å². The normalized spacial score (nSPS) is 15.2. The van der Waals surface area contributed by atoms with Gasteiger partial charge in [-0.25, -0.2) is 12.8 Å². The molecule has 0 spiro atoms. The minimum absolute atomic E-state index is 0.271. The van der Waals surface area contributed by atoms with Gasteiger partial charge >= 0.3 is 6.18 Å². The molecule has 3 nitrogen and oxygen atoms in total. The highest BCUT2D eigenvalue weighted by atomic mass is 32.2. The highest BCUT2D eigenvalue weighted by Gasteiger charge is 2.54. The number of rotatable bonds is 4. The van der Waals surface area contributed by atoms with Crippen molar-refractivity contribution in [2.75, 3.05) is 0 Å². The largest absolute Gasteiger partial charge is 0.411 e. The van der Waals surface area contributed by atoms with Crippen LogP contribution in [0.5, 0.6) is 0 Å². The predicted octanol–water partition coefficient (Wildman–Crippen LogP) is 3.58. The van der Waals surface area contributed by atoms with Gasteiger partial charge in [0, 0.05) is 0 Å². The summed E-state index contributed by atoms with van der Waals surface area (Å²) in [5, 5.41) is 0. The van der Waals surface area contributed by atoms with E-state index in [1.165, 1.54) is 30.3 Å². The lowest BCUT2D eigenvalue weighted by atomic mass is 9.93. The maximum atomic E-state index is 13.5. The van der Waals surface area contributed by atoms with Crippen LogP contribution in [0.1, 0.15) is 12.5 Å². The fraction of sp³-hybridized carbons (Fsp3) is 0.200. The fourth-order valence-corrected chi connectivity index (χ4v) is 3.43. The minimum Gasteiger partial charge on any atom is -0.207 e. The SMILES string of the molecule is C[C@](NS(=O)(=O)c1cccc(F)c1)(c1ccccc1)C(F)(F)F. The second-order valence-corrected chi connectivity index (χ2v) is 6.73. The first-order valence-electron chi connectivity index (χ1n) is 6.48. The third kappa shape index (κ3) is 3.53. The van der Waals surface area contributed by atoms with Crippen LogP contribution in [0.2, 0.25) is 0 Å². The molecule has 0 saturated carbocycles. The van der Waals surface area contributed by atoms with Crippen molar-refractivity contribution in [3.8, 4) is 0 Å². The Kier molecular flexibility index (Phi) is 4.50. The van der Waals surface area contributed by atoms with Crippen LogP contribution in [0.4, 0.5) is 17.6 Å². The Balaban J connectivity index is 2.51. The molecule has 124 valence electrons. The molecule has 8 heteroatoms. The monoisotopic (exact) mass is 347 g/mol. The number of halogens is 4. The summed E-state index contributed by atoms with van der Waals surface area (Å²) < 4.78 is 79.9.